The first-order chi connectivity index (χ1) is 14.5. The number of carbonyl (C=O) groups is 2. The average molecular weight is 414 g/mol. The third-order valence-electron chi connectivity index (χ3n) is 6.36. The largest absolute Gasteiger partial charge is 0.342 e. The summed E-state index contributed by atoms with van der Waals surface area (Å²) >= 11 is 0. The Hall–Kier alpha value is -2.55. The topological polar surface area (TPSA) is 86.9 Å². The minimum Gasteiger partial charge on any atom is -0.342 e. The van der Waals surface area contributed by atoms with Gasteiger partial charge in [0, 0.05) is 56.2 Å². The van der Waals surface area contributed by atoms with Crippen molar-refractivity contribution in [2.75, 3.05) is 45.8 Å². The van der Waals surface area contributed by atoms with Crippen molar-refractivity contribution in [2.24, 2.45) is 0 Å². The van der Waals surface area contributed by atoms with Crippen molar-refractivity contribution in [1.82, 2.24) is 34.3 Å². The van der Waals surface area contributed by atoms with E-state index in [9.17, 15) is 9.59 Å². The molecule has 2 aliphatic heterocycles. The van der Waals surface area contributed by atoms with Gasteiger partial charge in [0.1, 0.15) is 6.33 Å². The van der Waals surface area contributed by atoms with E-state index in [-0.39, 0.29) is 11.8 Å². The van der Waals surface area contributed by atoms with Gasteiger partial charge in [-0.2, -0.15) is 10.1 Å². The number of hydrogen-bond acceptors (Lipinski definition) is 6. The summed E-state index contributed by atoms with van der Waals surface area (Å²) in [5, 5.41) is 4.20. The lowest BCUT2D eigenvalue weighted by Gasteiger charge is -2.35. The fourth-order valence-electron chi connectivity index (χ4n) is 4.44. The molecule has 4 heterocycles. The molecule has 0 unspecified atom stereocenters. The number of carbonyl (C=O) groups excluding carboxylic acids is 2. The normalized spacial score (nSPS) is 18.6. The Morgan fingerprint density at radius 3 is 2.27 bits per heavy atom. The fourth-order valence-corrected chi connectivity index (χ4v) is 4.44. The van der Waals surface area contributed by atoms with Crippen molar-refractivity contribution < 1.29 is 9.59 Å². The first kappa shape index (κ1) is 20.7. The van der Waals surface area contributed by atoms with Gasteiger partial charge in [-0.25, -0.2) is 9.50 Å². The highest BCUT2D eigenvalue weighted by Crippen LogP contribution is 2.16. The van der Waals surface area contributed by atoms with E-state index in [1.807, 2.05) is 23.6 Å². The smallest absolute Gasteiger partial charge is 0.252 e. The minimum absolute atomic E-state index is 0.0981. The van der Waals surface area contributed by atoms with E-state index in [0.29, 0.717) is 31.8 Å². The van der Waals surface area contributed by atoms with Crippen LogP contribution in [-0.2, 0) is 16.0 Å². The standard InChI is InChI=1S/C21H31N7O2/c1-16-18(17(2)28-21(24-16)22-15-23-28)13-19(29)27-11-9-25(10-12-27)14-20(30)26-7-5-3-4-6-8-26/h15H,3-14H2,1-2H3. The molecule has 0 bridgehead atoms. The van der Waals surface area contributed by atoms with E-state index in [4.69, 9.17) is 0 Å². The third-order valence-corrected chi connectivity index (χ3v) is 6.36. The van der Waals surface area contributed by atoms with E-state index in [0.717, 1.165) is 56.0 Å². The maximum Gasteiger partial charge on any atom is 0.252 e. The Labute approximate surface area is 177 Å². The summed E-state index contributed by atoms with van der Waals surface area (Å²) < 4.78 is 1.68. The Balaban J connectivity index is 1.31. The molecule has 2 aliphatic rings. The van der Waals surface area contributed by atoms with Crippen molar-refractivity contribution in [3.8, 4) is 0 Å². The molecular weight excluding hydrogens is 382 g/mol. The van der Waals surface area contributed by atoms with Crippen LogP contribution in [0.1, 0.15) is 42.6 Å². The quantitative estimate of drug-likeness (QED) is 0.738. The number of aryl methyl sites for hydroxylation is 2. The highest BCUT2D eigenvalue weighted by molar-refractivity contribution is 5.80. The first-order valence-corrected chi connectivity index (χ1v) is 11.0. The highest BCUT2D eigenvalue weighted by Gasteiger charge is 2.25. The lowest BCUT2D eigenvalue weighted by Crippen LogP contribution is -2.52. The van der Waals surface area contributed by atoms with Crippen LogP contribution < -0.4 is 0 Å². The van der Waals surface area contributed by atoms with Crippen LogP contribution in [0.15, 0.2) is 6.33 Å². The van der Waals surface area contributed by atoms with Crippen molar-refractivity contribution in [3.05, 3.63) is 23.3 Å². The maximum absolute atomic E-state index is 12.9. The zero-order valence-corrected chi connectivity index (χ0v) is 18.0. The van der Waals surface area contributed by atoms with Crippen LogP contribution in [0.5, 0.6) is 0 Å². The molecule has 0 radical (unpaired) electrons. The van der Waals surface area contributed by atoms with Crippen LogP contribution in [0.2, 0.25) is 0 Å². The van der Waals surface area contributed by atoms with Gasteiger partial charge in [-0.05, 0) is 26.7 Å². The van der Waals surface area contributed by atoms with E-state index >= 15 is 0 Å². The summed E-state index contributed by atoms with van der Waals surface area (Å²) in [6, 6.07) is 0. The van der Waals surface area contributed by atoms with Gasteiger partial charge in [-0.15, -0.1) is 0 Å². The molecule has 2 amide bonds. The summed E-state index contributed by atoms with van der Waals surface area (Å²) in [6.07, 6.45) is 6.47. The summed E-state index contributed by atoms with van der Waals surface area (Å²) in [4.78, 5) is 40.2. The van der Waals surface area contributed by atoms with Crippen LogP contribution in [0.25, 0.3) is 5.78 Å². The Morgan fingerprint density at radius 1 is 0.900 bits per heavy atom. The number of amides is 2. The molecular formula is C21H31N7O2. The van der Waals surface area contributed by atoms with Gasteiger partial charge in [0.15, 0.2) is 0 Å². The molecule has 2 saturated heterocycles. The Kier molecular flexibility index (Phi) is 6.26. The zero-order valence-electron chi connectivity index (χ0n) is 18.0. The Morgan fingerprint density at radius 2 is 1.57 bits per heavy atom. The van der Waals surface area contributed by atoms with E-state index in [2.05, 4.69) is 20.0 Å². The highest BCUT2D eigenvalue weighted by atomic mass is 16.2. The van der Waals surface area contributed by atoms with Gasteiger partial charge in [-0.1, -0.05) is 12.8 Å². The number of nitrogens with zero attached hydrogens (tertiary/aromatic N) is 7. The predicted molar refractivity (Wildman–Crippen MR) is 112 cm³/mol. The number of hydrogen-bond donors (Lipinski definition) is 0. The lowest BCUT2D eigenvalue weighted by molar-refractivity contribution is -0.134. The van der Waals surface area contributed by atoms with Crippen LogP contribution in [0.4, 0.5) is 0 Å². The molecule has 0 saturated carbocycles. The average Bonchev–Trinajstić information content (AvgIpc) is 3.03. The van der Waals surface area contributed by atoms with Gasteiger partial charge in [0.05, 0.1) is 13.0 Å². The summed E-state index contributed by atoms with van der Waals surface area (Å²) in [5.41, 5.74) is 2.64. The van der Waals surface area contributed by atoms with Crippen molar-refractivity contribution in [3.63, 3.8) is 0 Å². The maximum atomic E-state index is 12.9. The van der Waals surface area contributed by atoms with E-state index < -0.39 is 0 Å². The van der Waals surface area contributed by atoms with Crippen molar-refractivity contribution in [2.45, 2.75) is 46.0 Å². The minimum atomic E-state index is 0.0981. The van der Waals surface area contributed by atoms with E-state index in [1.54, 1.807) is 4.52 Å². The van der Waals surface area contributed by atoms with Crippen LogP contribution in [0.3, 0.4) is 0 Å². The predicted octanol–water partition coefficient (Wildman–Crippen LogP) is 0.830. The molecule has 0 N–H and O–H groups in total. The van der Waals surface area contributed by atoms with Crippen LogP contribution in [-0.4, -0.2) is 91.9 Å². The molecule has 162 valence electrons. The SMILES string of the molecule is Cc1nc2ncnn2c(C)c1CC(=O)N1CCN(CC(=O)N2CCCCCC2)CC1. The molecule has 30 heavy (non-hydrogen) atoms. The number of likely N-dealkylation sites (tertiary alicyclic amines) is 1. The van der Waals surface area contributed by atoms with Crippen LogP contribution in [0, 0.1) is 13.8 Å². The second-order valence-corrected chi connectivity index (χ2v) is 8.36. The molecule has 9 nitrogen and oxygen atoms in total. The summed E-state index contributed by atoms with van der Waals surface area (Å²) in [6.45, 7) is 8.90. The first-order valence-electron chi connectivity index (χ1n) is 11.0. The molecule has 2 fully saturated rings. The number of piperazine rings is 1. The molecule has 0 aromatic carbocycles. The molecule has 0 spiro atoms. The van der Waals surface area contributed by atoms with Crippen molar-refractivity contribution >= 4 is 17.6 Å². The monoisotopic (exact) mass is 413 g/mol. The van der Waals surface area contributed by atoms with Gasteiger partial charge < -0.3 is 9.80 Å². The summed E-state index contributed by atoms with van der Waals surface area (Å²) in [5.74, 6) is 0.889. The van der Waals surface area contributed by atoms with Gasteiger partial charge in [0.2, 0.25) is 11.8 Å². The zero-order chi connectivity index (χ0) is 21.1. The van der Waals surface area contributed by atoms with Crippen LogP contribution >= 0.6 is 0 Å². The molecule has 0 atom stereocenters. The lowest BCUT2D eigenvalue weighted by atomic mass is 10.1. The van der Waals surface area contributed by atoms with Gasteiger partial charge in [-0.3, -0.25) is 14.5 Å². The second-order valence-electron chi connectivity index (χ2n) is 8.36. The van der Waals surface area contributed by atoms with E-state index in [1.165, 1.54) is 19.2 Å². The second kappa shape index (κ2) is 9.07. The molecule has 0 aliphatic carbocycles. The third kappa shape index (κ3) is 4.45. The van der Waals surface area contributed by atoms with Crippen molar-refractivity contribution in [1.29, 1.82) is 0 Å². The molecule has 9 heteroatoms. The fraction of sp³-hybridized carbons (Fsp3) is 0.667. The molecule has 2 aromatic heterocycles. The van der Waals surface area contributed by atoms with Gasteiger partial charge >= 0.3 is 0 Å². The molecule has 2 aromatic rings. The Bertz CT molecular complexity index is 909. The number of fused-ring (bicyclic) bond motifs is 1. The molecule has 4 rings (SSSR count). The summed E-state index contributed by atoms with van der Waals surface area (Å²) in [7, 11) is 0. The number of aromatic nitrogens is 4. The van der Waals surface area contributed by atoms with Gasteiger partial charge in [0.25, 0.3) is 5.78 Å². The number of rotatable bonds is 4.